The monoisotopic (exact) mass is 300 g/mol. The van der Waals surface area contributed by atoms with Crippen LogP contribution in [0.15, 0.2) is 15.0 Å². The Labute approximate surface area is 119 Å². The zero-order chi connectivity index (χ0) is 14.6. The van der Waals surface area contributed by atoms with Crippen LogP contribution in [0.2, 0.25) is 0 Å². The van der Waals surface area contributed by atoms with Crippen molar-refractivity contribution < 1.29 is 17.9 Å². The molecular weight excluding hydrogens is 280 g/mol. The van der Waals surface area contributed by atoms with Crippen molar-refractivity contribution in [3.63, 3.8) is 0 Å². The predicted molar refractivity (Wildman–Crippen MR) is 75.5 cm³/mol. The van der Waals surface area contributed by atoms with E-state index in [4.69, 9.17) is 4.74 Å². The van der Waals surface area contributed by atoms with Gasteiger partial charge in [-0.15, -0.1) is 4.40 Å². The lowest BCUT2D eigenvalue weighted by Gasteiger charge is -2.23. The first-order chi connectivity index (χ1) is 9.53. The Morgan fingerprint density at radius 3 is 2.65 bits per heavy atom. The number of sulfonamides is 1. The number of hydrogen-bond acceptors (Lipinski definition) is 5. The van der Waals surface area contributed by atoms with E-state index in [9.17, 15) is 13.2 Å². The van der Waals surface area contributed by atoms with E-state index < -0.39 is 16.0 Å². The minimum atomic E-state index is -3.64. The Morgan fingerprint density at radius 1 is 1.25 bits per heavy atom. The summed E-state index contributed by atoms with van der Waals surface area (Å²) in [5.41, 5.74) is 0.707. The molecule has 0 unspecified atom stereocenters. The van der Waals surface area contributed by atoms with Crippen molar-refractivity contribution in [1.82, 2.24) is 5.32 Å². The lowest BCUT2D eigenvalue weighted by atomic mass is 10.0. The molecule has 1 aliphatic carbocycles. The molecule has 0 amide bonds. The standard InChI is InChI=1S/C13H20N2O4S/c1-2-19-13(16)9-12-14-10-7-5-3-4-6-8-11(10)20(17,18)15-12/h2-9H2,1H3,(H,14,15). The second-order valence-corrected chi connectivity index (χ2v) is 6.56. The van der Waals surface area contributed by atoms with Crippen LogP contribution in [-0.2, 0) is 19.6 Å². The predicted octanol–water partition coefficient (Wildman–Crippen LogP) is 1.84. The van der Waals surface area contributed by atoms with Gasteiger partial charge in [0.1, 0.15) is 12.3 Å². The lowest BCUT2D eigenvalue weighted by molar-refractivity contribution is -0.141. The number of nitrogens with one attached hydrogen (secondary N) is 1. The summed E-state index contributed by atoms with van der Waals surface area (Å²) in [4.78, 5) is 11.8. The minimum Gasteiger partial charge on any atom is -0.466 e. The first kappa shape index (κ1) is 15.0. The van der Waals surface area contributed by atoms with Crippen molar-refractivity contribution in [2.45, 2.75) is 51.9 Å². The van der Waals surface area contributed by atoms with Gasteiger partial charge >= 0.3 is 5.97 Å². The molecule has 112 valence electrons. The van der Waals surface area contributed by atoms with E-state index in [2.05, 4.69) is 9.71 Å². The third-order valence-electron chi connectivity index (χ3n) is 3.37. The van der Waals surface area contributed by atoms with Gasteiger partial charge in [-0.05, 0) is 32.6 Å². The molecule has 0 saturated carbocycles. The highest BCUT2D eigenvalue weighted by atomic mass is 32.2. The molecule has 0 fully saturated rings. The van der Waals surface area contributed by atoms with Gasteiger partial charge in [0.2, 0.25) is 0 Å². The Balaban J connectivity index is 2.19. The smallest absolute Gasteiger partial charge is 0.313 e. The summed E-state index contributed by atoms with van der Waals surface area (Å²) in [6.45, 7) is 1.98. The Bertz CT molecular complexity index is 549. The highest BCUT2D eigenvalue weighted by Crippen LogP contribution is 2.29. The summed E-state index contributed by atoms with van der Waals surface area (Å²) in [6, 6.07) is 0. The topological polar surface area (TPSA) is 84.8 Å². The average molecular weight is 300 g/mol. The molecule has 0 radical (unpaired) electrons. The molecular formula is C13H20N2O4S. The molecule has 0 saturated heterocycles. The van der Waals surface area contributed by atoms with Crippen LogP contribution in [0.3, 0.4) is 0 Å². The molecule has 2 aliphatic rings. The van der Waals surface area contributed by atoms with Crippen LogP contribution >= 0.6 is 0 Å². The zero-order valence-electron chi connectivity index (χ0n) is 11.6. The average Bonchev–Trinajstić information content (AvgIpc) is 2.30. The van der Waals surface area contributed by atoms with Gasteiger partial charge in [-0.25, -0.2) is 0 Å². The molecule has 0 aromatic carbocycles. The first-order valence-corrected chi connectivity index (χ1v) is 8.45. The minimum absolute atomic E-state index is 0.135. The quantitative estimate of drug-likeness (QED) is 0.804. The van der Waals surface area contributed by atoms with E-state index in [1.807, 2.05) is 0 Å². The van der Waals surface area contributed by atoms with Gasteiger partial charge in [-0.1, -0.05) is 12.8 Å². The number of carbonyl (C=O) groups is 1. The van der Waals surface area contributed by atoms with Gasteiger partial charge in [-0.2, -0.15) is 8.42 Å². The van der Waals surface area contributed by atoms with E-state index >= 15 is 0 Å². The number of esters is 1. The van der Waals surface area contributed by atoms with Crippen molar-refractivity contribution in [1.29, 1.82) is 0 Å². The molecule has 7 heteroatoms. The van der Waals surface area contributed by atoms with Crippen LogP contribution in [0.25, 0.3) is 0 Å². The van der Waals surface area contributed by atoms with E-state index in [1.165, 1.54) is 0 Å². The normalized spacial score (nSPS) is 21.9. The summed E-state index contributed by atoms with van der Waals surface area (Å²) in [5, 5.41) is 3.02. The molecule has 0 spiro atoms. The zero-order valence-corrected chi connectivity index (χ0v) is 12.5. The summed E-state index contributed by atoms with van der Waals surface area (Å²) in [5.74, 6) is -0.299. The second kappa shape index (κ2) is 6.39. The SMILES string of the molecule is CCOC(=O)CC1=NS(=O)(=O)C2=C(CCCCCC2)N1. The van der Waals surface area contributed by atoms with Crippen molar-refractivity contribution in [3.8, 4) is 0 Å². The summed E-state index contributed by atoms with van der Waals surface area (Å²) < 4.78 is 32.9. The van der Waals surface area contributed by atoms with Gasteiger partial charge < -0.3 is 10.1 Å². The van der Waals surface area contributed by atoms with E-state index in [1.54, 1.807) is 6.92 Å². The molecule has 1 aliphatic heterocycles. The molecule has 0 aromatic rings. The van der Waals surface area contributed by atoms with Crippen LogP contribution in [0, 0.1) is 0 Å². The fourth-order valence-corrected chi connectivity index (χ4v) is 3.85. The molecule has 1 N–H and O–H groups in total. The fraction of sp³-hybridized carbons (Fsp3) is 0.692. The fourth-order valence-electron chi connectivity index (χ4n) is 2.47. The highest BCUT2D eigenvalue weighted by molar-refractivity contribution is 7.94. The van der Waals surface area contributed by atoms with Gasteiger partial charge in [0.05, 0.1) is 11.5 Å². The van der Waals surface area contributed by atoms with Gasteiger partial charge in [0, 0.05) is 5.70 Å². The van der Waals surface area contributed by atoms with Crippen LogP contribution in [0.1, 0.15) is 51.9 Å². The Hall–Kier alpha value is -1.37. The molecule has 1 heterocycles. The van der Waals surface area contributed by atoms with E-state index in [0.29, 0.717) is 23.4 Å². The van der Waals surface area contributed by atoms with E-state index in [0.717, 1.165) is 25.7 Å². The number of ether oxygens (including phenoxy) is 1. The number of nitrogens with zero attached hydrogens (tertiary/aromatic N) is 1. The van der Waals surface area contributed by atoms with Crippen molar-refractivity contribution >= 4 is 21.8 Å². The highest BCUT2D eigenvalue weighted by Gasteiger charge is 2.28. The van der Waals surface area contributed by atoms with Crippen LogP contribution in [0.4, 0.5) is 0 Å². The molecule has 0 aromatic heterocycles. The van der Waals surface area contributed by atoms with Crippen LogP contribution in [-0.4, -0.2) is 26.8 Å². The number of rotatable bonds is 3. The van der Waals surface area contributed by atoms with Gasteiger partial charge in [0.25, 0.3) is 10.0 Å². The molecule has 20 heavy (non-hydrogen) atoms. The Morgan fingerprint density at radius 2 is 1.95 bits per heavy atom. The van der Waals surface area contributed by atoms with Gasteiger partial charge in [0.15, 0.2) is 0 Å². The number of carbonyl (C=O) groups excluding carboxylic acids is 1. The molecule has 0 bridgehead atoms. The number of hydrogen-bond donors (Lipinski definition) is 1. The van der Waals surface area contributed by atoms with Crippen molar-refractivity contribution in [3.05, 3.63) is 10.6 Å². The summed E-state index contributed by atoms with van der Waals surface area (Å²) >= 11 is 0. The number of allylic oxidation sites excluding steroid dienone is 2. The summed E-state index contributed by atoms with van der Waals surface area (Å²) in [6.07, 6.45) is 5.05. The lowest BCUT2D eigenvalue weighted by Crippen LogP contribution is -2.33. The van der Waals surface area contributed by atoms with E-state index in [-0.39, 0.29) is 18.9 Å². The first-order valence-electron chi connectivity index (χ1n) is 7.01. The second-order valence-electron chi connectivity index (χ2n) is 4.94. The van der Waals surface area contributed by atoms with Crippen LogP contribution < -0.4 is 5.32 Å². The maximum absolute atomic E-state index is 12.2. The maximum Gasteiger partial charge on any atom is 0.313 e. The number of amidine groups is 1. The van der Waals surface area contributed by atoms with Crippen molar-refractivity contribution in [2.24, 2.45) is 4.40 Å². The molecule has 6 nitrogen and oxygen atoms in total. The third kappa shape index (κ3) is 3.59. The maximum atomic E-state index is 12.2. The van der Waals surface area contributed by atoms with Crippen molar-refractivity contribution in [2.75, 3.05) is 6.61 Å². The third-order valence-corrected chi connectivity index (χ3v) is 4.91. The summed E-state index contributed by atoms with van der Waals surface area (Å²) in [7, 11) is -3.64. The largest absolute Gasteiger partial charge is 0.466 e. The Kier molecular flexibility index (Phi) is 4.80. The van der Waals surface area contributed by atoms with Crippen LogP contribution in [0.5, 0.6) is 0 Å². The molecule has 2 rings (SSSR count). The molecule has 0 atom stereocenters. The van der Waals surface area contributed by atoms with Gasteiger partial charge in [-0.3, -0.25) is 4.79 Å².